The number of benzene rings is 1. The van der Waals surface area contributed by atoms with Crippen molar-refractivity contribution in [2.24, 2.45) is 0 Å². The predicted molar refractivity (Wildman–Crippen MR) is 75.9 cm³/mol. The Labute approximate surface area is 118 Å². The Balaban J connectivity index is 2.14. The lowest BCUT2D eigenvalue weighted by Crippen LogP contribution is -2.42. The fourth-order valence-corrected chi connectivity index (χ4v) is 2.75. The van der Waals surface area contributed by atoms with E-state index in [-0.39, 0.29) is 23.7 Å². The van der Waals surface area contributed by atoms with Gasteiger partial charge in [0.15, 0.2) is 0 Å². The van der Waals surface area contributed by atoms with Gasteiger partial charge in [0.1, 0.15) is 5.82 Å². The monoisotopic (exact) mass is 280 g/mol. The van der Waals surface area contributed by atoms with Crippen molar-refractivity contribution in [3.05, 3.63) is 29.1 Å². The lowest BCUT2D eigenvalue weighted by Gasteiger charge is -2.28. The maximum Gasteiger partial charge on any atom is 0.253 e. The normalized spacial score (nSPS) is 17.2. The number of aliphatic hydroxyl groups is 1. The number of amides is 1. The first-order valence-electron chi connectivity index (χ1n) is 6.86. The lowest BCUT2D eigenvalue weighted by molar-refractivity contribution is 0.0156. The van der Waals surface area contributed by atoms with Gasteiger partial charge in [-0.3, -0.25) is 4.79 Å². The van der Waals surface area contributed by atoms with Crippen molar-refractivity contribution in [2.45, 2.75) is 38.2 Å². The van der Waals surface area contributed by atoms with E-state index in [0.29, 0.717) is 18.4 Å². The number of hydrogen-bond donors (Lipinski definition) is 2. The number of rotatable bonds is 3. The molecule has 0 aliphatic heterocycles. The molecular weight excluding hydrogens is 259 g/mol. The Morgan fingerprint density at radius 3 is 2.60 bits per heavy atom. The molecule has 2 rings (SSSR count). The van der Waals surface area contributed by atoms with Gasteiger partial charge < -0.3 is 15.7 Å². The van der Waals surface area contributed by atoms with Crippen molar-refractivity contribution in [2.75, 3.05) is 19.3 Å². The second-order valence-corrected chi connectivity index (χ2v) is 5.76. The quantitative estimate of drug-likeness (QED) is 0.833. The van der Waals surface area contributed by atoms with Crippen LogP contribution in [0.15, 0.2) is 12.1 Å². The summed E-state index contributed by atoms with van der Waals surface area (Å²) in [6.07, 6.45) is 3.36. The molecule has 0 heterocycles. The average molecular weight is 280 g/mol. The molecular formula is C15H21FN2O2. The summed E-state index contributed by atoms with van der Waals surface area (Å²) in [4.78, 5) is 13.7. The van der Waals surface area contributed by atoms with Crippen molar-refractivity contribution in [1.82, 2.24) is 4.90 Å². The summed E-state index contributed by atoms with van der Waals surface area (Å²) >= 11 is 0. The van der Waals surface area contributed by atoms with Crippen LogP contribution >= 0.6 is 0 Å². The summed E-state index contributed by atoms with van der Waals surface area (Å²) in [6, 6.07) is 2.68. The number of halogens is 1. The fourth-order valence-electron chi connectivity index (χ4n) is 2.75. The number of hydrogen-bond acceptors (Lipinski definition) is 3. The van der Waals surface area contributed by atoms with Crippen LogP contribution in [-0.4, -0.2) is 35.1 Å². The smallest absolute Gasteiger partial charge is 0.253 e. The van der Waals surface area contributed by atoms with Crippen molar-refractivity contribution >= 4 is 11.6 Å². The van der Waals surface area contributed by atoms with Gasteiger partial charge in [-0.15, -0.1) is 0 Å². The van der Waals surface area contributed by atoms with E-state index in [1.807, 2.05) is 0 Å². The molecule has 110 valence electrons. The van der Waals surface area contributed by atoms with Crippen LogP contribution in [0.5, 0.6) is 0 Å². The molecule has 1 aliphatic carbocycles. The Morgan fingerprint density at radius 2 is 2.05 bits per heavy atom. The highest BCUT2D eigenvalue weighted by atomic mass is 19.1. The molecule has 1 fully saturated rings. The van der Waals surface area contributed by atoms with Gasteiger partial charge in [-0.2, -0.15) is 0 Å². The molecule has 0 spiro atoms. The number of anilines is 1. The molecule has 1 saturated carbocycles. The average Bonchev–Trinajstić information content (AvgIpc) is 2.80. The van der Waals surface area contributed by atoms with Crippen LogP contribution in [0.25, 0.3) is 0 Å². The second-order valence-electron chi connectivity index (χ2n) is 5.76. The molecule has 1 aliphatic rings. The molecule has 20 heavy (non-hydrogen) atoms. The number of likely N-dealkylation sites (N-methyl/N-ethyl adjacent to an activating group) is 1. The van der Waals surface area contributed by atoms with E-state index in [1.165, 1.54) is 17.0 Å². The highest BCUT2D eigenvalue weighted by molar-refractivity contribution is 5.95. The largest absolute Gasteiger partial charge is 0.398 e. The topological polar surface area (TPSA) is 66.6 Å². The minimum absolute atomic E-state index is 0.217. The zero-order chi connectivity index (χ0) is 14.9. The predicted octanol–water partition coefficient (Wildman–Crippen LogP) is 2.09. The van der Waals surface area contributed by atoms with Crippen LogP contribution in [0.3, 0.4) is 0 Å². The van der Waals surface area contributed by atoms with E-state index in [0.717, 1.165) is 12.8 Å². The molecule has 0 bridgehead atoms. The van der Waals surface area contributed by atoms with Gasteiger partial charge in [0.25, 0.3) is 5.91 Å². The third kappa shape index (κ3) is 2.93. The van der Waals surface area contributed by atoms with Gasteiger partial charge in [0.2, 0.25) is 0 Å². The molecule has 3 N–H and O–H groups in total. The lowest BCUT2D eigenvalue weighted by atomic mass is 10.0. The molecule has 1 aromatic carbocycles. The molecule has 0 radical (unpaired) electrons. The standard InChI is InChI=1S/C15H21FN2O2/c1-10-12(16)7-11(8-13(10)17)14(19)18(2)9-15(20)5-3-4-6-15/h7-8,20H,3-6,9,17H2,1-2H3. The number of carbonyl (C=O) groups excluding carboxylic acids is 1. The maximum atomic E-state index is 13.6. The maximum absolute atomic E-state index is 13.6. The highest BCUT2D eigenvalue weighted by Crippen LogP contribution is 2.30. The number of nitrogen functional groups attached to an aromatic ring is 1. The Bertz CT molecular complexity index is 502. The minimum atomic E-state index is -0.806. The van der Waals surface area contributed by atoms with Crippen LogP contribution in [0.2, 0.25) is 0 Å². The Morgan fingerprint density at radius 1 is 1.45 bits per heavy atom. The molecule has 0 aromatic heterocycles. The number of carbonyl (C=O) groups is 1. The summed E-state index contributed by atoms with van der Waals surface area (Å²) in [6.45, 7) is 1.84. The SMILES string of the molecule is Cc1c(N)cc(C(=O)N(C)CC2(O)CCCC2)cc1F. The van der Waals surface area contributed by atoms with E-state index in [9.17, 15) is 14.3 Å². The van der Waals surface area contributed by atoms with E-state index >= 15 is 0 Å². The first-order valence-corrected chi connectivity index (χ1v) is 6.86. The minimum Gasteiger partial charge on any atom is -0.398 e. The van der Waals surface area contributed by atoms with E-state index < -0.39 is 11.4 Å². The summed E-state index contributed by atoms with van der Waals surface area (Å²) in [5.41, 5.74) is 5.71. The van der Waals surface area contributed by atoms with Gasteiger partial charge in [-0.1, -0.05) is 12.8 Å². The van der Waals surface area contributed by atoms with Gasteiger partial charge in [0, 0.05) is 30.4 Å². The van der Waals surface area contributed by atoms with E-state index in [2.05, 4.69) is 0 Å². The molecule has 1 aromatic rings. The van der Waals surface area contributed by atoms with Crippen LogP contribution in [0.4, 0.5) is 10.1 Å². The van der Waals surface area contributed by atoms with Crippen LogP contribution in [-0.2, 0) is 0 Å². The number of nitrogens with zero attached hydrogens (tertiary/aromatic N) is 1. The second kappa shape index (κ2) is 5.40. The fraction of sp³-hybridized carbons (Fsp3) is 0.533. The van der Waals surface area contributed by atoms with Gasteiger partial charge in [-0.05, 0) is 31.9 Å². The number of nitrogens with two attached hydrogens (primary N) is 1. The summed E-state index contributed by atoms with van der Waals surface area (Å²) in [7, 11) is 1.62. The van der Waals surface area contributed by atoms with Gasteiger partial charge in [-0.25, -0.2) is 4.39 Å². The first kappa shape index (κ1) is 14.8. The molecule has 0 saturated heterocycles. The third-order valence-electron chi connectivity index (χ3n) is 4.04. The molecule has 0 atom stereocenters. The van der Waals surface area contributed by atoms with Crippen molar-refractivity contribution < 1.29 is 14.3 Å². The summed E-state index contributed by atoms with van der Waals surface area (Å²) < 4.78 is 13.6. The van der Waals surface area contributed by atoms with Crippen molar-refractivity contribution in [3.63, 3.8) is 0 Å². The van der Waals surface area contributed by atoms with Crippen molar-refractivity contribution in [1.29, 1.82) is 0 Å². The Kier molecular flexibility index (Phi) is 3.99. The summed E-state index contributed by atoms with van der Waals surface area (Å²) in [5.74, 6) is -0.808. The van der Waals surface area contributed by atoms with Crippen LogP contribution in [0.1, 0.15) is 41.6 Å². The van der Waals surface area contributed by atoms with Gasteiger partial charge in [0.05, 0.1) is 5.60 Å². The first-order chi connectivity index (χ1) is 9.32. The third-order valence-corrected chi connectivity index (χ3v) is 4.04. The van der Waals surface area contributed by atoms with E-state index in [1.54, 1.807) is 14.0 Å². The Hall–Kier alpha value is -1.62. The molecule has 0 unspecified atom stereocenters. The molecule has 5 heteroatoms. The highest BCUT2D eigenvalue weighted by Gasteiger charge is 2.33. The van der Waals surface area contributed by atoms with E-state index in [4.69, 9.17) is 5.73 Å². The molecule has 4 nitrogen and oxygen atoms in total. The van der Waals surface area contributed by atoms with Gasteiger partial charge >= 0.3 is 0 Å². The van der Waals surface area contributed by atoms with Crippen molar-refractivity contribution in [3.8, 4) is 0 Å². The summed E-state index contributed by atoms with van der Waals surface area (Å²) in [5, 5.41) is 10.3. The molecule has 1 amide bonds. The van der Waals surface area contributed by atoms with Crippen LogP contribution < -0.4 is 5.73 Å². The van der Waals surface area contributed by atoms with Crippen LogP contribution in [0, 0.1) is 12.7 Å². The zero-order valence-corrected chi connectivity index (χ0v) is 11.9. The zero-order valence-electron chi connectivity index (χ0n) is 11.9.